The van der Waals surface area contributed by atoms with Crippen LogP contribution in [0.2, 0.25) is 0 Å². The zero-order valence-electron chi connectivity index (χ0n) is 14.8. The fourth-order valence-electron chi connectivity index (χ4n) is 2.78. The van der Waals surface area contributed by atoms with Crippen LogP contribution in [0, 0.1) is 0 Å². The van der Waals surface area contributed by atoms with Gasteiger partial charge in [0.25, 0.3) is 5.91 Å². The largest absolute Gasteiger partial charge is 0.459 e. The van der Waals surface area contributed by atoms with Gasteiger partial charge in [0.05, 0.1) is 12.0 Å². The predicted molar refractivity (Wildman–Crippen MR) is 109 cm³/mol. The van der Waals surface area contributed by atoms with Crippen molar-refractivity contribution in [2.24, 2.45) is 0 Å². The molecule has 0 spiro atoms. The highest BCUT2D eigenvalue weighted by atomic mass is 32.1. The average Bonchev–Trinajstić information content (AvgIpc) is 3.40. The van der Waals surface area contributed by atoms with Crippen molar-refractivity contribution in [1.29, 1.82) is 0 Å². The van der Waals surface area contributed by atoms with Gasteiger partial charge < -0.3 is 15.1 Å². The van der Waals surface area contributed by atoms with Crippen molar-refractivity contribution in [2.45, 2.75) is 6.42 Å². The van der Waals surface area contributed by atoms with E-state index in [0.717, 1.165) is 16.6 Å². The number of aromatic nitrogens is 1. The molecule has 2 heterocycles. The van der Waals surface area contributed by atoms with E-state index in [1.807, 2.05) is 23.6 Å². The molecule has 2 amide bonds. The molecule has 7 heteroatoms. The van der Waals surface area contributed by atoms with Crippen LogP contribution in [-0.4, -0.2) is 23.3 Å². The molecule has 0 saturated carbocycles. The number of nitrogens with one attached hydrogen (secondary N) is 2. The third-order valence-corrected chi connectivity index (χ3v) is 4.94. The van der Waals surface area contributed by atoms with Crippen LogP contribution in [0.25, 0.3) is 22.0 Å². The topological polar surface area (TPSA) is 84.2 Å². The Labute approximate surface area is 165 Å². The molecule has 4 rings (SSSR count). The van der Waals surface area contributed by atoms with Crippen LogP contribution in [0.3, 0.4) is 0 Å². The minimum absolute atomic E-state index is 0.150. The predicted octanol–water partition coefficient (Wildman–Crippen LogP) is 4.31. The summed E-state index contributed by atoms with van der Waals surface area (Å²) < 4.78 is 5.00. The standard InChI is InChI=1S/C21H17N3O3S/c25-19(9-10-22-20(26)18-6-3-11-27-18)24-21-23-17(13-28-21)16-8-7-14-4-1-2-5-15(14)12-16/h1-8,11-13H,9-10H2,(H,22,26)(H,23,24,25). The molecular formula is C21H17N3O3S. The maximum absolute atomic E-state index is 12.1. The second kappa shape index (κ2) is 8.06. The van der Waals surface area contributed by atoms with E-state index in [4.69, 9.17) is 4.42 Å². The molecule has 4 aromatic rings. The van der Waals surface area contributed by atoms with E-state index in [-0.39, 0.29) is 30.5 Å². The van der Waals surface area contributed by atoms with Gasteiger partial charge in [0.2, 0.25) is 5.91 Å². The van der Waals surface area contributed by atoms with Crippen molar-refractivity contribution in [2.75, 3.05) is 11.9 Å². The Morgan fingerprint density at radius 2 is 1.89 bits per heavy atom. The molecule has 28 heavy (non-hydrogen) atoms. The summed E-state index contributed by atoms with van der Waals surface area (Å²) in [5, 5.41) is 10.2. The first-order chi connectivity index (χ1) is 13.7. The molecular weight excluding hydrogens is 374 g/mol. The summed E-state index contributed by atoms with van der Waals surface area (Å²) in [5.41, 5.74) is 1.82. The normalized spacial score (nSPS) is 10.7. The number of thiazole rings is 1. The fraction of sp³-hybridized carbons (Fsp3) is 0.0952. The number of furan rings is 1. The van der Waals surface area contributed by atoms with Gasteiger partial charge in [0, 0.05) is 23.9 Å². The third-order valence-electron chi connectivity index (χ3n) is 4.18. The summed E-state index contributed by atoms with van der Waals surface area (Å²) >= 11 is 1.37. The first-order valence-electron chi connectivity index (χ1n) is 8.75. The second-order valence-electron chi connectivity index (χ2n) is 6.13. The molecule has 2 aromatic carbocycles. The molecule has 0 radical (unpaired) electrons. The Morgan fingerprint density at radius 3 is 2.71 bits per heavy atom. The summed E-state index contributed by atoms with van der Waals surface area (Å²) in [6, 6.07) is 17.5. The lowest BCUT2D eigenvalue weighted by atomic mass is 10.1. The van der Waals surface area contributed by atoms with E-state index < -0.39 is 0 Å². The van der Waals surface area contributed by atoms with Crippen LogP contribution < -0.4 is 10.6 Å². The van der Waals surface area contributed by atoms with Gasteiger partial charge in [-0.3, -0.25) is 9.59 Å². The van der Waals surface area contributed by atoms with E-state index in [2.05, 4.69) is 39.9 Å². The van der Waals surface area contributed by atoms with Crippen molar-refractivity contribution >= 4 is 39.1 Å². The first-order valence-corrected chi connectivity index (χ1v) is 9.63. The lowest BCUT2D eigenvalue weighted by molar-refractivity contribution is -0.116. The summed E-state index contributed by atoms with van der Waals surface area (Å²) in [6.45, 7) is 0.217. The van der Waals surface area contributed by atoms with Crippen LogP contribution in [0.1, 0.15) is 17.0 Å². The molecule has 0 unspecified atom stereocenters. The van der Waals surface area contributed by atoms with Crippen molar-refractivity contribution in [3.05, 3.63) is 72.0 Å². The fourth-order valence-corrected chi connectivity index (χ4v) is 3.51. The van der Waals surface area contributed by atoms with E-state index in [1.54, 1.807) is 12.1 Å². The maximum Gasteiger partial charge on any atom is 0.286 e. The molecule has 140 valence electrons. The number of hydrogen-bond donors (Lipinski definition) is 2. The minimum atomic E-state index is -0.342. The third kappa shape index (κ3) is 4.10. The highest BCUT2D eigenvalue weighted by molar-refractivity contribution is 7.14. The number of nitrogens with zero attached hydrogens (tertiary/aromatic N) is 1. The monoisotopic (exact) mass is 391 g/mol. The van der Waals surface area contributed by atoms with Gasteiger partial charge in [-0.1, -0.05) is 36.4 Å². The van der Waals surface area contributed by atoms with Crippen molar-refractivity contribution < 1.29 is 14.0 Å². The lowest BCUT2D eigenvalue weighted by Gasteiger charge is -2.03. The summed E-state index contributed by atoms with van der Waals surface area (Å²) in [7, 11) is 0. The Morgan fingerprint density at radius 1 is 1.04 bits per heavy atom. The molecule has 0 bridgehead atoms. The van der Waals surface area contributed by atoms with Gasteiger partial charge in [-0.25, -0.2) is 4.98 Å². The number of rotatable bonds is 6. The van der Waals surface area contributed by atoms with Crippen molar-refractivity contribution in [3.63, 3.8) is 0 Å². The van der Waals surface area contributed by atoms with Crippen LogP contribution in [0.5, 0.6) is 0 Å². The Bertz CT molecular complexity index is 1120. The quantitative estimate of drug-likeness (QED) is 0.513. The van der Waals surface area contributed by atoms with Gasteiger partial charge in [0.1, 0.15) is 0 Å². The summed E-state index contributed by atoms with van der Waals surface area (Å²) in [6.07, 6.45) is 1.58. The van der Waals surface area contributed by atoms with Gasteiger partial charge in [-0.05, 0) is 29.0 Å². The Kier molecular flexibility index (Phi) is 5.16. The Balaban J connectivity index is 1.33. The second-order valence-corrected chi connectivity index (χ2v) is 6.99. The van der Waals surface area contributed by atoms with Crippen molar-refractivity contribution in [3.8, 4) is 11.3 Å². The summed E-state index contributed by atoms with van der Waals surface area (Å²) in [5.74, 6) is -0.329. The molecule has 0 aliphatic heterocycles. The zero-order chi connectivity index (χ0) is 19.3. The van der Waals surface area contributed by atoms with Crippen LogP contribution in [0.4, 0.5) is 5.13 Å². The first kappa shape index (κ1) is 17.9. The van der Waals surface area contributed by atoms with Gasteiger partial charge >= 0.3 is 0 Å². The van der Waals surface area contributed by atoms with Gasteiger partial charge in [-0.15, -0.1) is 11.3 Å². The molecule has 6 nitrogen and oxygen atoms in total. The molecule has 0 aliphatic rings. The molecule has 2 N–H and O–H groups in total. The van der Waals surface area contributed by atoms with E-state index in [9.17, 15) is 9.59 Å². The summed E-state index contributed by atoms with van der Waals surface area (Å²) in [4.78, 5) is 28.3. The molecule has 0 atom stereocenters. The lowest BCUT2D eigenvalue weighted by Crippen LogP contribution is -2.27. The number of carbonyl (C=O) groups excluding carboxylic acids is 2. The van der Waals surface area contributed by atoms with E-state index in [0.29, 0.717) is 5.13 Å². The molecule has 0 fully saturated rings. The van der Waals surface area contributed by atoms with E-state index in [1.165, 1.54) is 23.0 Å². The van der Waals surface area contributed by atoms with Crippen LogP contribution in [-0.2, 0) is 4.79 Å². The number of fused-ring (bicyclic) bond motifs is 1. The number of amides is 2. The Hall–Kier alpha value is -3.45. The van der Waals surface area contributed by atoms with Crippen molar-refractivity contribution in [1.82, 2.24) is 10.3 Å². The molecule has 0 aliphatic carbocycles. The van der Waals surface area contributed by atoms with Crippen LogP contribution >= 0.6 is 11.3 Å². The van der Waals surface area contributed by atoms with Gasteiger partial charge in [-0.2, -0.15) is 0 Å². The number of benzene rings is 2. The van der Waals surface area contributed by atoms with Crippen LogP contribution in [0.15, 0.2) is 70.7 Å². The average molecular weight is 391 g/mol. The number of carbonyl (C=O) groups is 2. The highest BCUT2D eigenvalue weighted by Crippen LogP contribution is 2.27. The molecule has 2 aromatic heterocycles. The highest BCUT2D eigenvalue weighted by Gasteiger charge is 2.11. The van der Waals surface area contributed by atoms with Gasteiger partial charge in [0.15, 0.2) is 10.9 Å². The molecule has 0 saturated heterocycles. The SMILES string of the molecule is O=C(CCNC(=O)c1ccco1)Nc1nc(-c2ccc3ccccc3c2)cs1. The zero-order valence-corrected chi connectivity index (χ0v) is 15.7. The number of hydrogen-bond acceptors (Lipinski definition) is 5. The number of anilines is 1. The smallest absolute Gasteiger partial charge is 0.286 e. The minimum Gasteiger partial charge on any atom is -0.459 e. The maximum atomic E-state index is 12.1. The van der Waals surface area contributed by atoms with E-state index >= 15 is 0 Å².